The Morgan fingerprint density at radius 1 is 0.137 bits per heavy atom. The fourth-order valence-electron chi connectivity index (χ4n) is 19.5. The minimum Gasteiger partial charge on any atom is -0.455 e. The Hall–Kier alpha value is -16.5. The molecule has 6 heteroatoms. The summed E-state index contributed by atoms with van der Waals surface area (Å²) in [4.78, 5) is 4.71. The molecule has 4 aromatic heterocycles. The van der Waals surface area contributed by atoms with Gasteiger partial charge in [0.25, 0.3) is 0 Å². The lowest BCUT2D eigenvalue weighted by atomic mass is 9.93. The van der Waals surface area contributed by atoms with E-state index < -0.39 is 0 Å². The van der Waals surface area contributed by atoms with Crippen LogP contribution >= 0.6 is 0 Å². The number of benzene rings is 21. The number of nitrogens with zero attached hydrogens (tertiary/aromatic N) is 2. The second-order valence-electron chi connectivity index (χ2n) is 32.4. The van der Waals surface area contributed by atoms with Crippen molar-refractivity contribution >= 4 is 165 Å². The maximum absolute atomic E-state index is 7.33. The van der Waals surface area contributed by atoms with Gasteiger partial charge in [0.05, 0.1) is 0 Å². The van der Waals surface area contributed by atoms with Gasteiger partial charge < -0.3 is 27.5 Å². The minimum absolute atomic E-state index is 0.834. The third-order valence-electron chi connectivity index (χ3n) is 25.5. The fourth-order valence-corrected chi connectivity index (χ4v) is 19.5. The molecule has 0 amide bonds. The average molecular weight is 1580 g/mol. The lowest BCUT2D eigenvalue weighted by Gasteiger charge is -2.26. The topological polar surface area (TPSA) is 59.0 Å². The van der Waals surface area contributed by atoms with Crippen molar-refractivity contribution in [1.29, 1.82) is 0 Å². The zero-order chi connectivity index (χ0) is 81.5. The third-order valence-corrected chi connectivity index (χ3v) is 25.5. The molecule has 124 heavy (non-hydrogen) atoms. The highest BCUT2D eigenvalue weighted by Crippen LogP contribution is 2.50. The van der Waals surface area contributed by atoms with Crippen molar-refractivity contribution in [3.8, 4) is 89.0 Å². The van der Waals surface area contributed by atoms with Gasteiger partial charge in [0, 0.05) is 104 Å². The van der Waals surface area contributed by atoms with Crippen molar-refractivity contribution in [3.63, 3.8) is 0 Å². The summed E-state index contributed by atoms with van der Waals surface area (Å²) in [5.41, 5.74) is 31.1. The summed E-state index contributed by atoms with van der Waals surface area (Å²) in [5, 5.41) is 17.6. The van der Waals surface area contributed by atoms with Crippen LogP contribution in [0.1, 0.15) is 0 Å². The van der Waals surface area contributed by atoms with Crippen molar-refractivity contribution in [2.24, 2.45) is 0 Å². The van der Waals surface area contributed by atoms with Crippen LogP contribution in [0.3, 0.4) is 0 Å². The van der Waals surface area contributed by atoms with E-state index >= 15 is 0 Å². The van der Waals surface area contributed by atoms with E-state index in [1.54, 1.807) is 0 Å². The highest BCUT2D eigenvalue weighted by atomic mass is 16.3. The molecule has 0 aliphatic carbocycles. The summed E-state index contributed by atoms with van der Waals surface area (Å²) in [5.74, 6) is 0. The van der Waals surface area contributed by atoms with Crippen molar-refractivity contribution < 1.29 is 17.7 Å². The molecule has 0 saturated heterocycles. The van der Waals surface area contributed by atoms with Crippen LogP contribution in [0.15, 0.2) is 454 Å². The Morgan fingerprint density at radius 3 is 0.815 bits per heavy atom. The Labute approximate surface area is 713 Å². The molecule has 0 spiro atoms. The smallest absolute Gasteiger partial charge is 0.143 e. The molecule has 0 unspecified atom stereocenters. The van der Waals surface area contributed by atoms with Gasteiger partial charge in [-0.15, -0.1) is 0 Å². The van der Waals surface area contributed by atoms with E-state index in [4.69, 9.17) is 17.7 Å². The van der Waals surface area contributed by atoms with Crippen molar-refractivity contribution in [1.82, 2.24) is 0 Å². The van der Waals surface area contributed by atoms with Crippen LogP contribution in [-0.2, 0) is 0 Å². The molecule has 21 aromatic carbocycles. The first-order valence-corrected chi connectivity index (χ1v) is 42.3. The Kier molecular flexibility index (Phi) is 16.3. The zero-order valence-electron chi connectivity index (χ0n) is 67.1. The van der Waals surface area contributed by atoms with Gasteiger partial charge in [-0.25, -0.2) is 0 Å². The van der Waals surface area contributed by atoms with E-state index in [0.29, 0.717) is 0 Å². The third kappa shape index (κ3) is 11.6. The average Bonchev–Trinajstić information content (AvgIpc) is 1.59. The quantitative estimate of drug-likeness (QED) is 0.108. The minimum atomic E-state index is 0.834. The van der Waals surface area contributed by atoms with Gasteiger partial charge in [-0.1, -0.05) is 297 Å². The van der Waals surface area contributed by atoms with Crippen LogP contribution in [-0.4, -0.2) is 0 Å². The molecule has 0 saturated carbocycles. The summed E-state index contributed by atoms with van der Waals surface area (Å²) < 4.78 is 27.7. The van der Waals surface area contributed by atoms with Crippen LogP contribution in [0.25, 0.3) is 220 Å². The van der Waals surface area contributed by atoms with E-state index in [2.05, 4.69) is 447 Å². The lowest BCUT2D eigenvalue weighted by molar-refractivity contribution is 0.672. The molecule has 6 nitrogen and oxygen atoms in total. The molecule has 25 aromatic rings. The largest absolute Gasteiger partial charge is 0.455 e. The fraction of sp³-hybridized carbons (Fsp3) is 0. The SMILES string of the molecule is c1ccc(-c2ccc(N(c3ccc(-c4cccc5oc6c7ccccc7ccc6c45)cc3)c3ccc(-c4cccc5oc6c7ccc(-c8ccc(-c9ccc(N(c%10ccc(-c%11cccc(-c%12ccccc%12)c%11)cc%10)c%10ccc(-c%11cccc%12oc%13c%14ccccc%14ccc%13c%11%12)cc%10)cc9)c9c8oc8c%10ccccc%10ccc89)cc7ccc6c45)cc3)cc2)cc1. The molecule has 0 fully saturated rings. The summed E-state index contributed by atoms with van der Waals surface area (Å²) >= 11 is 0. The number of furan rings is 4. The van der Waals surface area contributed by atoms with Crippen LogP contribution in [0, 0.1) is 0 Å². The van der Waals surface area contributed by atoms with Gasteiger partial charge in [0.15, 0.2) is 0 Å². The van der Waals surface area contributed by atoms with Crippen molar-refractivity contribution in [2.75, 3.05) is 9.80 Å². The number of anilines is 6. The molecule has 0 atom stereocenters. The Bertz CT molecular complexity index is 8560. The molecule has 0 radical (unpaired) electrons. The van der Waals surface area contributed by atoms with Crippen LogP contribution < -0.4 is 9.80 Å². The number of rotatable bonds is 14. The van der Waals surface area contributed by atoms with E-state index in [0.717, 1.165) is 237 Å². The second kappa shape index (κ2) is 28.6. The summed E-state index contributed by atoms with van der Waals surface area (Å²) in [6.45, 7) is 0. The predicted octanol–water partition coefficient (Wildman–Crippen LogP) is 34.2. The first-order chi connectivity index (χ1) is 61.4. The molecule has 0 bridgehead atoms. The first kappa shape index (κ1) is 70.5. The van der Waals surface area contributed by atoms with E-state index in [-0.39, 0.29) is 0 Å². The normalized spacial score (nSPS) is 11.9. The lowest BCUT2D eigenvalue weighted by Crippen LogP contribution is -2.09. The highest BCUT2D eigenvalue weighted by Gasteiger charge is 2.25. The highest BCUT2D eigenvalue weighted by molar-refractivity contribution is 6.25. The maximum Gasteiger partial charge on any atom is 0.143 e. The monoisotopic (exact) mass is 1580 g/mol. The zero-order valence-corrected chi connectivity index (χ0v) is 67.1. The summed E-state index contributed by atoms with van der Waals surface area (Å²) in [7, 11) is 0. The number of hydrogen-bond donors (Lipinski definition) is 0. The Balaban J connectivity index is 0.555. The maximum atomic E-state index is 7.33. The Morgan fingerprint density at radius 2 is 0.411 bits per heavy atom. The molecular weight excluding hydrogens is 1510 g/mol. The van der Waals surface area contributed by atoms with Gasteiger partial charge in [0.1, 0.15) is 44.7 Å². The van der Waals surface area contributed by atoms with Gasteiger partial charge >= 0.3 is 0 Å². The number of fused-ring (bicyclic) bond motifs is 20. The van der Waals surface area contributed by atoms with Gasteiger partial charge in [0.2, 0.25) is 0 Å². The molecule has 0 N–H and O–H groups in total. The summed E-state index contributed by atoms with van der Waals surface area (Å²) in [6.07, 6.45) is 0. The van der Waals surface area contributed by atoms with Gasteiger partial charge in [-0.3, -0.25) is 0 Å². The molecule has 0 aliphatic heterocycles. The van der Waals surface area contributed by atoms with Crippen molar-refractivity contribution in [3.05, 3.63) is 437 Å². The molecule has 0 aliphatic rings. The molecule has 4 heterocycles. The van der Waals surface area contributed by atoms with Crippen LogP contribution in [0.4, 0.5) is 34.1 Å². The van der Waals surface area contributed by atoms with E-state index in [1.807, 2.05) is 0 Å². The summed E-state index contributed by atoms with van der Waals surface area (Å²) in [6, 6.07) is 158. The van der Waals surface area contributed by atoms with Gasteiger partial charge in [-0.2, -0.15) is 0 Å². The van der Waals surface area contributed by atoms with E-state index in [9.17, 15) is 0 Å². The van der Waals surface area contributed by atoms with Crippen molar-refractivity contribution in [2.45, 2.75) is 0 Å². The number of hydrogen-bond acceptors (Lipinski definition) is 6. The molecule has 578 valence electrons. The van der Waals surface area contributed by atoms with Crippen LogP contribution in [0.2, 0.25) is 0 Å². The molecular formula is C118H72N2O4. The predicted molar refractivity (Wildman–Crippen MR) is 518 cm³/mol. The first-order valence-electron chi connectivity index (χ1n) is 42.3. The van der Waals surface area contributed by atoms with Crippen LogP contribution in [0.5, 0.6) is 0 Å². The molecule has 25 rings (SSSR count). The van der Waals surface area contributed by atoms with Gasteiger partial charge in [-0.05, 0) is 245 Å². The standard InChI is InChI=1S/C118H72N2O4/c1-3-17-73(18-4-1)75-35-52-88(53-36-75)119(90-56-39-80(40-57-90)94-29-14-32-107-110(94)103-65-47-77-21-7-10-26-98(77)114(103)121-107)91-58-43-82(44-59-91)96-31-16-34-109-112(96)105-68-51-86-72-87(50-64-101(86)116(105)123-109)102-70-69-97(113-106-67-49-79-23-9-12-28-100(79)117(106)124-118(102)113)83-45-62-93(63-46-83)120(89-54-37-76(38-55-89)85-25-13-24-84(71-85)74-19-5-2-6-20-74)92-60-41-81(42-61-92)95-30-15-33-108-111(95)104-66-48-78-22-8-11-27-99(78)115(104)122-108/h1-72H. The second-order valence-corrected chi connectivity index (χ2v) is 32.4. The van der Waals surface area contributed by atoms with E-state index in [1.165, 1.54) is 16.7 Å².